The van der Waals surface area contributed by atoms with Gasteiger partial charge in [0.25, 0.3) is 0 Å². The van der Waals surface area contributed by atoms with Gasteiger partial charge in [-0.05, 0) is 12.8 Å². The average molecular weight is 434 g/mol. The normalized spacial score (nSPS) is 15.3. The van der Waals surface area contributed by atoms with Crippen molar-refractivity contribution in [2.24, 2.45) is 0 Å². The van der Waals surface area contributed by atoms with Gasteiger partial charge in [-0.1, -0.05) is 12.8 Å². The number of aliphatic hydroxyl groups is 1. The summed E-state index contributed by atoms with van der Waals surface area (Å²) in [6.45, 7) is -4.03. The zero-order valence-corrected chi connectivity index (χ0v) is 13.3. The fraction of sp³-hybridized carbons (Fsp3) is 1.00. The van der Waals surface area contributed by atoms with Crippen LogP contribution in [0, 0.1) is 0 Å². The molecule has 0 spiro atoms. The summed E-state index contributed by atoms with van der Waals surface area (Å²) < 4.78 is 170. The van der Waals surface area contributed by atoms with E-state index in [1.807, 2.05) is 0 Å². The lowest BCUT2D eigenvalue weighted by Crippen LogP contribution is -2.71. The highest BCUT2D eigenvalue weighted by molar-refractivity contribution is 5.11. The van der Waals surface area contributed by atoms with E-state index in [9.17, 15) is 57.1 Å². The summed E-state index contributed by atoms with van der Waals surface area (Å²) in [6.07, 6.45) is -3.85. The molecule has 0 aromatic rings. The molecule has 0 radical (unpaired) electrons. The van der Waals surface area contributed by atoms with Gasteiger partial charge in [-0.25, -0.2) is 0 Å². The first-order chi connectivity index (χ1) is 11.9. The van der Waals surface area contributed by atoms with E-state index in [0.717, 1.165) is 0 Å². The van der Waals surface area contributed by atoms with Crippen molar-refractivity contribution in [3.63, 3.8) is 0 Å². The van der Waals surface area contributed by atoms with Crippen molar-refractivity contribution in [1.29, 1.82) is 0 Å². The summed E-state index contributed by atoms with van der Waals surface area (Å²) in [5.41, 5.74) is 0. The molecular formula is C13H15F13O. The third kappa shape index (κ3) is 4.39. The van der Waals surface area contributed by atoms with E-state index in [0.29, 0.717) is 0 Å². The summed E-state index contributed by atoms with van der Waals surface area (Å²) >= 11 is 0. The van der Waals surface area contributed by atoms with Gasteiger partial charge in [0.1, 0.15) is 6.61 Å². The molecule has 0 saturated heterocycles. The minimum absolute atomic E-state index is 0.133. The Hall–Kier alpha value is -0.950. The van der Waals surface area contributed by atoms with E-state index < -0.39 is 68.1 Å². The zero-order valence-electron chi connectivity index (χ0n) is 13.3. The van der Waals surface area contributed by atoms with Gasteiger partial charge in [0, 0.05) is 6.42 Å². The molecule has 14 heteroatoms. The van der Waals surface area contributed by atoms with Crippen LogP contribution >= 0.6 is 0 Å². The van der Waals surface area contributed by atoms with Crippen LogP contribution in [0.15, 0.2) is 0 Å². The topological polar surface area (TPSA) is 20.2 Å². The highest BCUT2D eigenvalue weighted by Gasteiger charge is 2.89. The highest BCUT2D eigenvalue weighted by Crippen LogP contribution is 2.60. The highest BCUT2D eigenvalue weighted by atomic mass is 19.4. The van der Waals surface area contributed by atoms with Gasteiger partial charge in [-0.3, -0.25) is 4.39 Å². The molecule has 0 fully saturated rings. The van der Waals surface area contributed by atoms with Crippen LogP contribution < -0.4 is 0 Å². The molecule has 0 aliphatic heterocycles. The van der Waals surface area contributed by atoms with Crippen molar-refractivity contribution in [3.8, 4) is 0 Å². The number of alkyl halides is 13. The van der Waals surface area contributed by atoms with Gasteiger partial charge in [-0.15, -0.1) is 0 Å². The summed E-state index contributed by atoms with van der Waals surface area (Å²) in [5, 5.41) is 7.94. The van der Waals surface area contributed by atoms with E-state index in [2.05, 4.69) is 0 Å². The van der Waals surface area contributed by atoms with Crippen molar-refractivity contribution in [2.75, 3.05) is 13.3 Å². The van der Waals surface area contributed by atoms with E-state index in [4.69, 9.17) is 5.11 Å². The van der Waals surface area contributed by atoms with Crippen LogP contribution in [-0.2, 0) is 0 Å². The molecule has 27 heavy (non-hydrogen) atoms. The zero-order chi connectivity index (χ0) is 21.9. The Kier molecular flexibility index (Phi) is 7.91. The molecular weight excluding hydrogens is 419 g/mol. The number of rotatable bonds is 12. The van der Waals surface area contributed by atoms with Gasteiger partial charge >= 0.3 is 35.5 Å². The van der Waals surface area contributed by atoms with Crippen molar-refractivity contribution in [1.82, 2.24) is 0 Å². The van der Waals surface area contributed by atoms with Crippen LogP contribution in [-0.4, -0.2) is 53.9 Å². The molecule has 0 unspecified atom stereocenters. The molecule has 0 bridgehead atoms. The molecule has 1 N–H and O–H groups in total. The Balaban J connectivity index is 5.73. The summed E-state index contributed by atoms with van der Waals surface area (Å²) in [7, 11) is 0. The molecule has 0 rings (SSSR count). The largest absolute Gasteiger partial charge is 0.390 e. The van der Waals surface area contributed by atoms with Gasteiger partial charge in [0.05, 0.1) is 6.67 Å². The van der Waals surface area contributed by atoms with Crippen LogP contribution in [0.2, 0.25) is 0 Å². The first-order valence-electron chi connectivity index (χ1n) is 7.31. The van der Waals surface area contributed by atoms with E-state index >= 15 is 0 Å². The Morgan fingerprint density at radius 2 is 0.852 bits per heavy atom. The Bertz CT molecular complexity index is 475. The number of hydrogen-bond donors (Lipinski definition) is 1. The molecule has 0 amide bonds. The maximum absolute atomic E-state index is 13.4. The van der Waals surface area contributed by atoms with Gasteiger partial charge < -0.3 is 5.11 Å². The molecule has 0 aliphatic carbocycles. The molecule has 1 nitrogen and oxygen atoms in total. The van der Waals surface area contributed by atoms with Gasteiger partial charge in [0.15, 0.2) is 0 Å². The van der Waals surface area contributed by atoms with Gasteiger partial charge in [0.2, 0.25) is 0 Å². The Labute approximate surface area is 144 Å². The second kappa shape index (κ2) is 8.19. The van der Waals surface area contributed by atoms with Crippen molar-refractivity contribution in [2.45, 2.75) is 67.6 Å². The second-order valence-electron chi connectivity index (χ2n) is 5.72. The third-order valence-electron chi connectivity index (χ3n) is 3.67. The molecule has 164 valence electrons. The Morgan fingerprint density at radius 1 is 0.481 bits per heavy atom. The standard InChI is InChI=1S/C13H15F13O/c14-6-4-2-1-3-5-8(15,16)10(19,20)12(23,24)13(25,26)11(21,22)9(17,18)7-27/h27H,1-7H2. The van der Waals surface area contributed by atoms with E-state index in [1.54, 1.807) is 0 Å². The predicted molar refractivity (Wildman–Crippen MR) is 65.8 cm³/mol. The number of unbranched alkanes of at least 4 members (excludes halogenated alkanes) is 3. The van der Waals surface area contributed by atoms with Crippen LogP contribution in [0.1, 0.15) is 32.1 Å². The number of hydrogen-bond acceptors (Lipinski definition) is 1. The second-order valence-corrected chi connectivity index (χ2v) is 5.72. The fourth-order valence-corrected chi connectivity index (χ4v) is 1.91. The fourth-order valence-electron chi connectivity index (χ4n) is 1.91. The SMILES string of the molecule is OCC(F)(F)C(F)(F)C(F)(F)C(F)(F)C(F)(F)C(F)(F)CCCCCCF. The maximum atomic E-state index is 13.4. The Morgan fingerprint density at radius 3 is 1.22 bits per heavy atom. The van der Waals surface area contributed by atoms with Crippen LogP contribution in [0.25, 0.3) is 0 Å². The van der Waals surface area contributed by atoms with Crippen LogP contribution in [0.3, 0.4) is 0 Å². The van der Waals surface area contributed by atoms with Crippen LogP contribution in [0.5, 0.6) is 0 Å². The maximum Gasteiger partial charge on any atom is 0.384 e. The summed E-state index contributed by atoms with van der Waals surface area (Å²) in [4.78, 5) is 0. The lowest BCUT2D eigenvalue weighted by atomic mass is 9.89. The monoisotopic (exact) mass is 434 g/mol. The van der Waals surface area contributed by atoms with Gasteiger partial charge in [-0.2, -0.15) is 52.7 Å². The first-order valence-corrected chi connectivity index (χ1v) is 7.31. The molecule has 0 atom stereocenters. The van der Waals surface area contributed by atoms with E-state index in [-0.39, 0.29) is 12.8 Å². The van der Waals surface area contributed by atoms with Crippen molar-refractivity contribution in [3.05, 3.63) is 0 Å². The van der Waals surface area contributed by atoms with Crippen molar-refractivity contribution < 1.29 is 62.2 Å². The third-order valence-corrected chi connectivity index (χ3v) is 3.67. The smallest absolute Gasteiger partial charge is 0.384 e. The summed E-state index contributed by atoms with van der Waals surface area (Å²) in [5.74, 6) is -42.0. The summed E-state index contributed by atoms with van der Waals surface area (Å²) in [6, 6.07) is 0. The lowest BCUT2D eigenvalue weighted by molar-refractivity contribution is -0.427. The molecule has 0 saturated carbocycles. The molecule has 0 heterocycles. The van der Waals surface area contributed by atoms with Crippen LogP contribution in [0.4, 0.5) is 57.1 Å². The minimum atomic E-state index is -7.65. The first kappa shape index (κ1) is 26.1. The number of halogens is 13. The number of aliphatic hydroxyl groups excluding tert-OH is 1. The molecule has 0 aromatic heterocycles. The quantitative estimate of drug-likeness (QED) is 0.308. The lowest BCUT2D eigenvalue weighted by Gasteiger charge is -2.41. The average Bonchev–Trinajstić information content (AvgIpc) is 2.53. The van der Waals surface area contributed by atoms with Crippen molar-refractivity contribution >= 4 is 0 Å². The predicted octanol–water partition coefficient (Wildman–Crippen LogP) is 5.71. The minimum Gasteiger partial charge on any atom is -0.390 e. The molecule has 0 aromatic carbocycles. The van der Waals surface area contributed by atoms with E-state index in [1.165, 1.54) is 0 Å². The molecule has 0 aliphatic rings.